The monoisotopic (exact) mass is 378 g/mol. The second-order valence-corrected chi connectivity index (χ2v) is 6.92. The number of amides is 1. The number of carbonyl (C=O) groups excluding carboxylic acids is 1. The van der Waals surface area contributed by atoms with E-state index < -0.39 is 0 Å². The van der Waals surface area contributed by atoms with E-state index in [1.165, 1.54) is 0 Å². The van der Waals surface area contributed by atoms with Crippen LogP contribution in [0, 0.1) is 0 Å². The molecule has 1 aliphatic heterocycles. The molecule has 1 atom stereocenters. The Morgan fingerprint density at radius 2 is 1.84 bits per heavy atom. The summed E-state index contributed by atoms with van der Waals surface area (Å²) in [6.07, 6.45) is 0. The molecule has 132 valence electrons. The maximum Gasteiger partial charge on any atom is 0.244 e. The van der Waals surface area contributed by atoms with Crippen LogP contribution in [0.1, 0.15) is 12.5 Å². The first kappa shape index (κ1) is 18.1. The maximum absolute atomic E-state index is 12.8. The minimum Gasteiger partial charge on any atom is -0.497 e. The molecule has 0 aliphatic carbocycles. The molecule has 0 bridgehead atoms. The molecule has 0 N–H and O–H groups in total. The summed E-state index contributed by atoms with van der Waals surface area (Å²) in [4.78, 5) is 16.8. The van der Waals surface area contributed by atoms with E-state index in [1.807, 2.05) is 31.2 Å². The van der Waals surface area contributed by atoms with E-state index in [0.29, 0.717) is 22.3 Å². The van der Waals surface area contributed by atoms with Crippen LogP contribution in [-0.2, 0) is 11.3 Å². The van der Waals surface area contributed by atoms with Gasteiger partial charge in [-0.05, 0) is 42.8 Å². The van der Waals surface area contributed by atoms with Crippen molar-refractivity contribution in [2.75, 3.05) is 25.1 Å². The van der Waals surface area contributed by atoms with Gasteiger partial charge in [-0.3, -0.25) is 9.69 Å². The number of benzene rings is 2. The van der Waals surface area contributed by atoms with Crippen LogP contribution in [0.15, 0.2) is 42.5 Å². The minimum atomic E-state index is -0.220. The third-order valence-corrected chi connectivity index (χ3v) is 5.07. The maximum atomic E-state index is 12.8. The van der Waals surface area contributed by atoms with Crippen LogP contribution < -0.4 is 9.64 Å². The van der Waals surface area contributed by atoms with Gasteiger partial charge in [-0.15, -0.1) is 0 Å². The molecular weight excluding hydrogens is 359 g/mol. The predicted octanol–water partition coefficient (Wildman–Crippen LogP) is 4.24. The number of piperazine rings is 1. The van der Waals surface area contributed by atoms with Gasteiger partial charge in [-0.2, -0.15) is 0 Å². The van der Waals surface area contributed by atoms with E-state index in [-0.39, 0.29) is 11.9 Å². The molecule has 0 spiro atoms. The van der Waals surface area contributed by atoms with Gasteiger partial charge in [-0.25, -0.2) is 0 Å². The van der Waals surface area contributed by atoms with Crippen LogP contribution in [0.3, 0.4) is 0 Å². The molecule has 2 aromatic carbocycles. The molecule has 1 heterocycles. The number of halogens is 2. The van der Waals surface area contributed by atoms with Crippen molar-refractivity contribution in [3.8, 4) is 5.75 Å². The fraction of sp³-hybridized carbons (Fsp3) is 0.316. The largest absolute Gasteiger partial charge is 0.497 e. The predicted molar refractivity (Wildman–Crippen MR) is 102 cm³/mol. The van der Waals surface area contributed by atoms with Crippen molar-refractivity contribution in [2.24, 2.45) is 0 Å². The van der Waals surface area contributed by atoms with Gasteiger partial charge in [0.2, 0.25) is 5.91 Å². The number of hydrogen-bond donors (Lipinski definition) is 0. The van der Waals surface area contributed by atoms with Gasteiger partial charge >= 0.3 is 0 Å². The molecule has 1 amide bonds. The Hall–Kier alpha value is -1.75. The number of methoxy groups -OCH3 is 1. The second-order valence-electron chi connectivity index (χ2n) is 6.08. The number of anilines is 1. The molecule has 1 saturated heterocycles. The van der Waals surface area contributed by atoms with E-state index in [0.717, 1.165) is 24.4 Å². The van der Waals surface area contributed by atoms with Crippen molar-refractivity contribution in [1.82, 2.24) is 4.90 Å². The van der Waals surface area contributed by atoms with E-state index in [9.17, 15) is 4.79 Å². The SMILES string of the molecule is COc1ccc(CN2CCN(c3ccc(Cl)cc3Cl)C(=O)C2C)cc1. The van der Waals surface area contributed by atoms with Crippen LogP contribution in [0.4, 0.5) is 5.69 Å². The van der Waals surface area contributed by atoms with Crippen molar-refractivity contribution in [2.45, 2.75) is 19.5 Å². The summed E-state index contributed by atoms with van der Waals surface area (Å²) < 4.78 is 5.18. The zero-order valence-electron chi connectivity index (χ0n) is 14.2. The lowest BCUT2D eigenvalue weighted by atomic mass is 10.1. The van der Waals surface area contributed by atoms with Gasteiger partial charge < -0.3 is 9.64 Å². The number of carbonyl (C=O) groups is 1. The fourth-order valence-corrected chi connectivity index (χ4v) is 3.55. The summed E-state index contributed by atoms with van der Waals surface area (Å²) in [5.41, 5.74) is 1.87. The van der Waals surface area contributed by atoms with E-state index in [2.05, 4.69) is 4.90 Å². The zero-order chi connectivity index (χ0) is 18.0. The Kier molecular flexibility index (Phi) is 5.52. The molecule has 1 unspecified atom stereocenters. The summed E-state index contributed by atoms with van der Waals surface area (Å²) in [5, 5.41) is 1.06. The van der Waals surface area contributed by atoms with Gasteiger partial charge in [0, 0.05) is 24.7 Å². The topological polar surface area (TPSA) is 32.8 Å². The summed E-state index contributed by atoms with van der Waals surface area (Å²) in [7, 11) is 1.65. The van der Waals surface area contributed by atoms with Crippen molar-refractivity contribution >= 4 is 34.8 Å². The van der Waals surface area contributed by atoms with Gasteiger partial charge in [0.15, 0.2) is 0 Å². The Morgan fingerprint density at radius 3 is 2.48 bits per heavy atom. The standard InChI is InChI=1S/C19H20Cl2N2O2/c1-13-19(24)23(18-8-5-15(20)11-17(18)21)10-9-22(13)12-14-3-6-16(25-2)7-4-14/h3-8,11,13H,9-10,12H2,1-2H3. The van der Waals surface area contributed by atoms with Crippen molar-refractivity contribution in [1.29, 1.82) is 0 Å². The quantitative estimate of drug-likeness (QED) is 0.797. The van der Waals surface area contributed by atoms with Gasteiger partial charge in [0.05, 0.1) is 23.9 Å². The lowest BCUT2D eigenvalue weighted by Crippen LogP contribution is -2.55. The molecule has 2 aromatic rings. The number of rotatable bonds is 4. The molecule has 25 heavy (non-hydrogen) atoms. The number of hydrogen-bond acceptors (Lipinski definition) is 3. The van der Waals surface area contributed by atoms with Crippen molar-refractivity contribution in [3.63, 3.8) is 0 Å². The van der Waals surface area contributed by atoms with Gasteiger partial charge in [0.25, 0.3) is 0 Å². The summed E-state index contributed by atoms with van der Waals surface area (Å²) >= 11 is 12.2. The molecule has 1 aliphatic rings. The van der Waals surface area contributed by atoms with E-state index >= 15 is 0 Å². The van der Waals surface area contributed by atoms with E-state index in [4.69, 9.17) is 27.9 Å². The second kappa shape index (κ2) is 7.65. The van der Waals surface area contributed by atoms with Gasteiger partial charge in [-0.1, -0.05) is 35.3 Å². The lowest BCUT2D eigenvalue weighted by molar-refractivity contribution is -0.125. The Bertz CT molecular complexity index is 765. The molecule has 0 radical (unpaired) electrons. The average molecular weight is 379 g/mol. The first-order chi connectivity index (χ1) is 12.0. The Labute approximate surface area is 157 Å². The van der Waals surface area contributed by atoms with Crippen LogP contribution in [0.2, 0.25) is 10.0 Å². The summed E-state index contributed by atoms with van der Waals surface area (Å²) in [5.74, 6) is 0.874. The highest BCUT2D eigenvalue weighted by molar-refractivity contribution is 6.36. The molecule has 0 saturated carbocycles. The van der Waals surface area contributed by atoms with Crippen LogP contribution in [0.5, 0.6) is 5.75 Å². The van der Waals surface area contributed by atoms with E-state index in [1.54, 1.807) is 30.2 Å². The highest BCUT2D eigenvalue weighted by atomic mass is 35.5. The molecule has 4 nitrogen and oxygen atoms in total. The first-order valence-electron chi connectivity index (χ1n) is 8.13. The molecule has 3 rings (SSSR count). The van der Waals surface area contributed by atoms with Crippen molar-refractivity contribution in [3.05, 3.63) is 58.1 Å². The highest BCUT2D eigenvalue weighted by Crippen LogP contribution is 2.31. The number of nitrogens with zero attached hydrogens (tertiary/aromatic N) is 2. The van der Waals surface area contributed by atoms with Gasteiger partial charge in [0.1, 0.15) is 5.75 Å². The Morgan fingerprint density at radius 1 is 1.12 bits per heavy atom. The van der Waals surface area contributed by atoms with Crippen LogP contribution >= 0.6 is 23.2 Å². The van der Waals surface area contributed by atoms with Crippen LogP contribution in [-0.4, -0.2) is 37.0 Å². The zero-order valence-corrected chi connectivity index (χ0v) is 15.7. The smallest absolute Gasteiger partial charge is 0.244 e. The Balaban J connectivity index is 1.72. The first-order valence-corrected chi connectivity index (χ1v) is 8.88. The molecule has 1 fully saturated rings. The summed E-state index contributed by atoms with van der Waals surface area (Å²) in [6.45, 7) is 4.03. The molecular formula is C19H20Cl2N2O2. The normalized spacial score (nSPS) is 18.5. The van der Waals surface area contributed by atoms with Crippen LogP contribution in [0.25, 0.3) is 0 Å². The molecule has 0 aromatic heterocycles. The fourth-order valence-electron chi connectivity index (χ4n) is 3.03. The third kappa shape index (κ3) is 3.92. The lowest BCUT2D eigenvalue weighted by Gasteiger charge is -2.39. The third-order valence-electron chi connectivity index (χ3n) is 4.53. The highest BCUT2D eigenvalue weighted by Gasteiger charge is 2.33. The minimum absolute atomic E-state index is 0.0454. The number of ether oxygens (including phenoxy) is 1. The average Bonchev–Trinajstić information content (AvgIpc) is 2.61. The van der Waals surface area contributed by atoms with Crippen molar-refractivity contribution < 1.29 is 9.53 Å². The summed E-state index contributed by atoms with van der Waals surface area (Å²) in [6, 6.07) is 12.9. The molecule has 6 heteroatoms.